The van der Waals surface area contributed by atoms with Crippen molar-refractivity contribution in [3.63, 3.8) is 0 Å². The zero-order valence-corrected chi connectivity index (χ0v) is 14.9. The summed E-state index contributed by atoms with van der Waals surface area (Å²) in [5, 5.41) is 12.2. The minimum absolute atomic E-state index is 0.208. The Balaban J connectivity index is 1.46. The third-order valence-corrected chi connectivity index (χ3v) is 5.84. The number of nitrogens with one attached hydrogen (secondary N) is 1. The van der Waals surface area contributed by atoms with Gasteiger partial charge in [0, 0.05) is 13.1 Å². The second-order valence-electron chi connectivity index (χ2n) is 7.50. The number of hydrogen-bond donors (Lipinski definition) is 1. The summed E-state index contributed by atoms with van der Waals surface area (Å²) in [5.74, 6) is 0.208. The molecule has 0 atom stereocenters. The summed E-state index contributed by atoms with van der Waals surface area (Å²) >= 11 is 0. The summed E-state index contributed by atoms with van der Waals surface area (Å²) in [4.78, 5) is 15.2. The molecule has 26 heavy (non-hydrogen) atoms. The number of carbonyl (C=O) groups is 1. The Morgan fingerprint density at radius 1 is 1.08 bits per heavy atom. The molecule has 4 rings (SSSR count). The first kappa shape index (κ1) is 16.8. The van der Waals surface area contributed by atoms with Crippen molar-refractivity contribution in [3.8, 4) is 6.07 Å². The van der Waals surface area contributed by atoms with Crippen LogP contribution in [-0.4, -0.2) is 23.9 Å². The number of likely N-dealkylation sites (tertiary alicyclic amines) is 1. The van der Waals surface area contributed by atoms with Crippen LogP contribution in [0.4, 0.5) is 0 Å². The molecule has 1 saturated heterocycles. The molecule has 0 aromatic heterocycles. The normalized spacial score (nSPS) is 19.3. The molecule has 1 spiro atoms. The van der Waals surface area contributed by atoms with Crippen LogP contribution >= 0.6 is 0 Å². The maximum Gasteiger partial charge on any atom is 0.226 e. The average Bonchev–Trinajstić information content (AvgIpc) is 2.81. The largest absolute Gasteiger partial charge is 0.352 e. The monoisotopic (exact) mass is 345 g/mol. The number of amides is 1. The molecule has 4 nitrogen and oxygen atoms in total. The minimum Gasteiger partial charge on any atom is -0.352 e. The van der Waals surface area contributed by atoms with Gasteiger partial charge < -0.3 is 5.32 Å². The first-order valence-corrected chi connectivity index (χ1v) is 9.25. The lowest BCUT2D eigenvalue weighted by Crippen LogP contribution is -2.48. The Hall–Kier alpha value is -2.64. The number of nitrogens with zero attached hydrogens (tertiary/aromatic N) is 2. The van der Waals surface area contributed by atoms with Crippen molar-refractivity contribution in [1.29, 1.82) is 5.26 Å². The number of rotatable bonds is 2. The minimum atomic E-state index is -0.280. The Kier molecular flexibility index (Phi) is 4.48. The fraction of sp³-hybridized carbons (Fsp3) is 0.364. The van der Waals surface area contributed by atoms with Crippen LogP contribution in [-0.2, 0) is 24.3 Å². The fourth-order valence-corrected chi connectivity index (χ4v) is 4.25. The Bertz CT molecular complexity index is 860. The van der Waals surface area contributed by atoms with E-state index in [0.29, 0.717) is 12.1 Å². The van der Waals surface area contributed by atoms with E-state index < -0.39 is 0 Å². The van der Waals surface area contributed by atoms with Crippen molar-refractivity contribution in [2.75, 3.05) is 13.1 Å². The highest BCUT2D eigenvalue weighted by Gasteiger charge is 2.42. The molecule has 2 aliphatic rings. The van der Waals surface area contributed by atoms with Gasteiger partial charge in [0.05, 0.1) is 17.0 Å². The van der Waals surface area contributed by atoms with E-state index in [1.54, 1.807) is 0 Å². The predicted octanol–water partition coefficient (Wildman–Crippen LogP) is 3.01. The molecule has 0 aliphatic carbocycles. The molecule has 2 heterocycles. The molecular formula is C22H23N3O. The molecule has 0 saturated carbocycles. The molecule has 1 N–H and O–H groups in total. The maximum absolute atomic E-state index is 12.8. The first-order valence-electron chi connectivity index (χ1n) is 9.25. The molecule has 0 bridgehead atoms. The summed E-state index contributed by atoms with van der Waals surface area (Å²) in [7, 11) is 0. The van der Waals surface area contributed by atoms with Gasteiger partial charge in [0.2, 0.25) is 5.91 Å². The van der Waals surface area contributed by atoms with Gasteiger partial charge in [-0.05, 0) is 61.2 Å². The van der Waals surface area contributed by atoms with Gasteiger partial charge in [-0.25, -0.2) is 0 Å². The molecule has 2 aliphatic heterocycles. The van der Waals surface area contributed by atoms with Crippen molar-refractivity contribution in [2.45, 2.75) is 32.4 Å². The van der Waals surface area contributed by atoms with Crippen LogP contribution in [0.3, 0.4) is 0 Å². The van der Waals surface area contributed by atoms with Gasteiger partial charge in [-0.3, -0.25) is 9.69 Å². The lowest BCUT2D eigenvalue weighted by atomic mass is 9.73. The summed E-state index contributed by atoms with van der Waals surface area (Å²) in [5.41, 5.74) is 4.14. The second-order valence-corrected chi connectivity index (χ2v) is 7.50. The second kappa shape index (κ2) is 6.93. The lowest BCUT2D eigenvalue weighted by Gasteiger charge is -2.40. The average molecular weight is 345 g/mol. The maximum atomic E-state index is 12.8. The molecule has 1 amide bonds. The van der Waals surface area contributed by atoms with Gasteiger partial charge >= 0.3 is 0 Å². The van der Waals surface area contributed by atoms with Gasteiger partial charge in [0.1, 0.15) is 0 Å². The van der Waals surface area contributed by atoms with Crippen LogP contribution in [0.5, 0.6) is 0 Å². The number of hydrogen-bond acceptors (Lipinski definition) is 3. The summed E-state index contributed by atoms with van der Waals surface area (Å²) in [6.45, 7) is 3.30. The number of carbonyl (C=O) groups excluding carboxylic acids is 1. The molecule has 2 aromatic carbocycles. The zero-order chi connectivity index (χ0) is 18.0. The number of piperidine rings is 1. The van der Waals surface area contributed by atoms with E-state index in [0.717, 1.165) is 44.5 Å². The fourth-order valence-electron chi connectivity index (χ4n) is 4.25. The topological polar surface area (TPSA) is 56.1 Å². The summed E-state index contributed by atoms with van der Waals surface area (Å²) in [6, 6.07) is 18.4. The van der Waals surface area contributed by atoms with Crippen molar-refractivity contribution in [1.82, 2.24) is 10.2 Å². The third kappa shape index (κ3) is 3.23. The molecule has 0 unspecified atom stereocenters. The molecule has 0 radical (unpaired) electrons. The van der Waals surface area contributed by atoms with E-state index in [9.17, 15) is 4.79 Å². The van der Waals surface area contributed by atoms with Crippen molar-refractivity contribution < 1.29 is 4.79 Å². The van der Waals surface area contributed by atoms with E-state index in [-0.39, 0.29) is 11.3 Å². The number of nitriles is 1. The Morgan fingerprint density at radius 3 is 2.62 bits per heavy atom. The van der Waals surface area contributed by atoms with Gasteiger partial charge in [-0.15, -0.1) is 0 Å². The molecule has 4 heteroatoms. The van der Waals surface area contributed by atoms with Crippen LogP contribution in [0.1, 0.15) is 35.1 Å². The van der Waals surface area contributed by atoms with Crippen LogP contribution in [0.2, 0.25) is 0 Å². The molecular weight excluding hydrogens is 322 g/mol. The van der Waals surface area contributed by atoms with E-state index >= 15 is 0 Å². The quantitative estimate of drug-likeness (QED) is 0.910. The van der Waals surface area contributed by atoms with Crippen molar-refractivity contribution in [2.24, 2.45) is 5.41 Å². The van der Waals surface area contributed by atoms with Gasteiger partial charge in [0.15, 0.2) is 0 Å². The van der Waals surface area contributed by atoms with Gasteiger partial charge in [0.25, 0.3) is 0 Å². The summed E-state index contributed by atoms with van der Waals surface area (Å²) in [6.07, 6.45) is 2.60. The lowest BCUT2D eigenvalue weighted by molar-refractivity contribution is -0.133. The van der Waals surface area contributed by atoms with E-state index in [4.69, 9.17) is 5.26 Å². The van der Waals surface area contributed by atoms with Crippen LogP contribution < -0.4 is 5.32 Å². The molecule has 132 valence electrons. The van der Waals surface area contributed by atoms with E-state index in [1.807, 2.05) is 24.3 Å². The molecule has 1 fully saturated rings. The highest BCUT2D eigenvalue weighted by atomic mass is 16.2. The van der Waals surface area contributed by atoms with Gasteiger partial charge in [-0.1, -0.05) is 36.4 Å². The Labute approximate surface area is 154 Å². The number of fused-ring (bicyclic) bond motifs is 1. The van der Waals surface area contributed by atoms with Crippen LogP contribution in [0.15, 0.2) is 48.5 Å². The zero-order valence-electron chi connectivity index (χ0n) is 14.9. The smallest absolute Gasteiger partial charge is 0.226 e. The van der Waals surface area contributed by atoms with Crippen molar-refractivity contribution in [3.05, 3.63) is 70.8 Å². The highest BCUT2D eigenvalue weighted by molar-refractivity contribution is 5.83. The Morgan fingerprint density at radius 2 is 1.85 bits per heavy atom. The van der Waals surface area contributed by atoms with Crippen LogP contribution in [0.25, 0.3) is 0 Å². The standard InChI is InChI=1S/C22H23N3O/c23-14-17-4-3-5-18(12-17)16-25-10-8-22(9-11-25)13-19-6-1-2-7-20(19)15-24-21(22)26/h1-7,12H,8-11,13,15-16H2,(H,24,26). The molecule has 2 aromatic rings. The third-order valence-electron chi connectivity index (χ3n) is 5.84. The summed E-state index contributed by atoms with van der Waals surface area (Å²) < 4.78 is 0. The van der Waals surface area contributed by atoms with E-state index in [2.05, 4.69) is 40.6 Å². The van der Waals surface area contributed by atoms with Gasteiger partial charge in [-0.2, -0.15) is 5.26 Å². The SMILES string of the molecule is N#Cc1cccc(CN2CCC3(CC2)Cc2ccccc2CNC3=O)c1. The van der Waals surface area contributed by atoms with E-state index in [1.165, 1.54) is 11.1 Å². The predicted molar refractivity (Wildman–Crippen MR) is 100 cm³/mol. The van der Waals surface area contributed by atoms with Crippen LogP contribution in [0, 0.1) is 16.7 Å². The first-order chi connectivity index (χ1) is 12.7. The van der Waals surface area contributed by atoms with Crippen molar-refractivity contribution >= 4 is 5.91 Å². The highest BCUT2D eigenvalue weighted by Crippen LogP contribution is 2.38. The number of benzene rings is 2.